The number of amides is 1. The van der Waals surface area contributed by atoms with Crippen LogP contribution >= 0.6 is 11.3 Å². The van der Waals surface area contributed by atoms with Gasteiger partial charge in [-0.3, -0.25) is 9.48 Å². The summed E-state index contributed by atoms with van der Waals surface area (Å²) in [6, 6.07) is 8.23. The minimum atomic E-state index is -0.515. The van der Waals surface area contributed by atoms with Gasteiger partial charge < -0.3 is 10.1 Å². The van der Waals surface area contributed by atoms with Crippen molar-refractivity contribution >= 4 is 28.9 Å². The first-order valence-corrected chi connectivity index (χ1v) is 9.68. The molecule has 4 rings (SSSR count). The number of hydrogen-bond acceptors (Lipinski definition) is 8. The van der Waals surface area contributed by atoms with Crippen LogP contribution in [-0.4, -0.2) is 36.6 Å². The number of ether oxygens (including phenoxy) is 1. The third-order valence-corrected chi connectivity index (χ3v) is 5.16. The molecule has 0 unspecified atom stereocenters. The molecular formula is C20H16N6O3S. The molecule has 1 N–H and O–H groups in total. The highest BCUT2D eigenvalue weighted by Crippen LogP contribution is 2.27. The fourth-order valence-electron chi connectivity index (χ4n) is 2.59. The van der Waals surface area contributed by atoms with Crippen LogP contribution in [0.3, 0.4) is 0 Å². The molecule has 3 aromatic heterocycles. The van der Waals surface area contributed by atoms with E-state index in [4.69, 9.17) is 4.74 Å². The van der Waals surface area contributed by atoms with Gasteiger partial charge in [-0.25, -0.2) is 19.7 Å². The SMILES string of the molecule is Cc1nc(-c2ncccn2)sc1C(=O)Oc1ccc(NC(=O)c2cnn(C)c2)cc1. The molecule has 0 atom stereocenters. The third-order valence-electron chi connectivity index (χ3n) is 4.03. The van der Waals surface area contributed by atoms with Gasteiger partial charge >= 0.3 is 5.97 Å². The van der Waals surface area contributed by atoms with Crippen LogP contribution in [-0.2, 0) is 7.05 Å². The van der Waals surface area contributed by atoms with Crippen molar-refractivity contribution in [3.05, 3.63) is 71.3 Å². The summed E-state index contributed by atoms with van der Waals surface area (Å²) in [6.45, 7) is 1.73. The Morgan fingerprint density at radius 1 is 1.13 bits per heavy atom. The number of benzene rings is 1. The highest BCUT2D eigenvalue weighted by atomic mass is 32.1. The van der Waals surface area contributed by atoms with Crippen molar-refractivity contribution in [2.75, 3.05) is 5.32 Å². The number of aryl methyl sites for hydroxylation is 2. The molecule has 0 aliphatic heterocycles. The zero-order valence-corrected chi connectivity index (χ0v) is 16.9. The predicted molar refractivity (Wildman–Crippen MR) is 110 cm³/mol. The fourth-order valence-corrected chi connectivity index (χ4v) is 3.48. The summed E-state index contributed by atoms with van der Waals surface area (Å²) in [4.78, 5) is 37.8. The Hall–Kier alpha value is -3.92. The number of carbonyl (C=O) groups excluding carboxylic acids is 2. The van der Waals surface area contributed by atoms with E-state index in [1.807, 2.05) is 0 Å². The monoisotopic (exact) mass is 420 g/mol. The van der Waals surface area contributed by atoms with Crippen LogP contribution in [0.2, 0.25) is 0 Å². The van der Waals surface area contributed by atoms with Crippen LogP contribution in [0.5, 0.6) is 5.75 Å². The lowest BCUT2D eigenvalue weighted by Gasteiger charge is -2.06. The van der Waals surface area contributed by atoms with Gasteiger partial charge in [-0.05, 0) is 37.3 Å². The maximum atomic E-state index is 12.6. The number of anilines is 1. The summed E-state index contributed by atoms with van der Waals surface area (Å²) in [7, 11) is 1.74. The first-order chi connectivity index (χ1) is 14.5. The van der Waals surface area contributed by atoms with E-state index in [2.05, 4.69) is 25.4 Å². The Kier molecular flexibility index (Phi) is 5.31. The van der Waals surface area contributed by atoms with Gasteiger partial charge in [-0.1, -0.05) is 0 Å². The summed E-state index contributed by atoms with van der Waals surface area (Å²) < 4.78 is 6.99. The van der Waals surface area contributed by atoms with Crippen molar-refractivity contribution in [2.45, 2.75) is 6.92 Å². The summed E-state index contributed by atoms with van der Waals surface area (Å²) in [5, 5.41) is 7.28. The molecule has 0 saturated heterocycles. The molecule has 10 heteroatoms. The van der Waals surface area contributed by atoms with Crippen LogP contribution in [0.25, 0.3) is 10.8 Å². The van der Waals surface area contributed by atoms with E-state index in [0.29, 0.717) is 38.4 Å². The first-order valence-electron chi connectivity index (χ1n) is 8.86. The number of thiazole rings is 1. The molecule has 4 aromatic rings. The van der Waals surface area contributed by atoms with Crippen LogP contribution in [0.15, 0.2) is 55.1 Å². The molecule has 0 spiro atoms. The molecule has 1 aromatic carbocycles. The van der Waals surface area contributed by atoms with Crippen LogP contribution in [0, 0.1) is 6.92 Å². The summed E-state index contributed by atoms with van der Waals surface area (Å²) in [5.41, 5.74) is 1.57. The number of nitrogens with zero attached hydrogens (tertiary/aromatic N) is 5. The molecule has 1 amide bonds. The van der Waals surface area contributed by atoms with Crippen molar-refractivity contribution in [3.8, 4) is 16.6 Å². The number of carbonyl (C=O) groups is 2. The smallest absolute Gasteiger partial charge is 0.355 e. The van der Waals surface area contributed by atoms with E-state index >= 15 is 0 Å². The Morgan fingerprint density at radius 2 is 1.87 bits per heavy atom. The van der Waals surface area contributed by atoms with E-state index in [0.717, 1.165) is 0 Å². The maximum absolute atomic E-state index is 12.6. The predicted octanol–water partition coefficient (Wildman–Crippen LogP) is 3.11. The van der Waals surface area contributed by atoms with E-state index < -0.39 is 5.97 Å². The molecule has 0 bridgehead atoms. The Labute approximate surface area is 175 Å². The van der Waals surface area contributed by atoms with Crippen molar-refractivity contribution < 1.29 is 14.3 Å². The average Bonchev–Trinajstić information content (AvgIpc) is 3.36. The van der Waals surface area contributed by atoms with Gasteiger partial charge in [0.2, 0.25) is 0 Å². The van der Waals surface area contributed by atoms with E-state index in [1.54, 1.807) is 67.6 Å². The fraction of sp³-hybridized carbons (Fsp3) is 0.100. The number of esters is 1. The molecule has 30 heavy (non-hydrogen) atoms. The highest BCUT2D eigenvalue weighted by Gasteiger charge is 2.19. The molecule has 3 heterocycles. The van der Waals surface area contributed by atoms with Crippen LogP contribution in [0.4, 0.5) is 5.69 Å². The average molecular weight is 420 g/mol. The molecule has 0 radical (unpaired) electrons. The van der Waals surface area contributed by atoms with Crippen molar-refractivity contribution in [3.63, 3.8) is 0 Å². The zero-order chi connectivity index (χ0) is 21.1. The van der Waals surface area contributed by atoms with Gasteiger partial charge in [-0.2, -0.15) is 5.10 Å². The number of nitrogens with one attached hydrogen (secondary N) is 1. The summed E-state index contributed by atoms with van der Waals surface area (Å²) in [5.74, 6) is 0.0196. The van der Waals surface area contributed by atoms with Gasteiger partial charge in [0.1, 0.15) is 10.6 Å². The molecule has 0 aliphatic rings. The highest BCUT2D eigenvalue weighted by molar-refractivity contribution is 7.17. The standard InChI is InChI=1S/C20H16N6O3S/c1-12-16(30-19(24-12)17-21-8-3-9-22-17)20(28)29-15-6-4-14(5-7-15)25-18(27)13-10-23-26(2)11-13/h3-11H,1-2H3,(H,25,27). The van der Waals surface area contributed by atoms with Crippen LogP contribution in [0.1, 0.15) is 25.7 Å². The van der Waals surface area contributed by atoms with Gasteiger partial charge in [-0.15, -0.1) is 11.3 Å². The topological polar surface area (TPSA) is 112 Å². The summed E-state index contributed by atoms with van der Waals surface area (Å²) in [6.07, 6.45) is 6.34. The third kappa shape index (κ3) is 4.23. The number of aromatic nitrogens is 5. The van der Waals surface area contributed by atoms with Gasteiger partial charge in [0.25, 0.3) is 5.91 Å². The molecule has 0 fully saturated rings. The van der Waals surface area contributed by atoms with E-state index in [1.165, 1.54) is 17.5 Å². The number of rotatable bonds is 5. The zero-order valence-electron chi connectivity index (χ0n) is 16.1. The van der Waals surface area contributed by atoms with Gasteiger partial charge in [0.15, 0.2) is 10.8 Å². The maximum Gasteiger partial charge on any atom is 0.355 e. The molecule has 150 valence electrons. The van der Waals surface area contributed by atoms with Gasteiger partial charge in [0.05, 0.1) is 17.5 Å². The molecule has 0 aliphatic carbocycles. The van der Waals surface area contributed by atoms with Crippen molar-refractivity contribution in [1.29, 1.82) is 0 Å². The number of hydrogen-bond donors (Lipinski definition) is 1. The Balaban J connectivity index is 1.43. The van der Waals surface area contributed by atoms with Crippen LogP contribution < -0.4 is 10.1 Å². The second-order valence-corrected chi connectivity index (χ2v) is 7.28. The Morgan fingerprint density at radius 3 is 2.53 bits per heavy atom. The lowest BCUT2D eigenvalue weighted by atomic mass is 10.2. The molecular weight excluding hydrogens is 404 g/mol. The second-order valence-electron chi connectivity index (χ2n) is 6.28. The normalized spacial score (nSPS) is 10.6. The lowest BCUT2D eigenvalue weighted by molar-refractivity contribution is 0.0738. The van der Waals surface area contributed by atoms with E-state index in [9.17, 15) is 9.59 Å². The minimum absolute atomic E-state index is 0.274. The Bertz CT molecular complexity index is 1200. The first kappa shape index (κ1) is 19.4. The van der Waals surface area contributed by atoms with Crippen molar-refractivity contribution in [1.82, 2.24) is 24.7 Å². The largest absolute Gasteiger partial charge is 0.422 e. The van der Waals surface area contributed by atoms with Gasteiger partial charge in [0, 0.05) is 31.3 Å². The van der Waals surface area contributed by atoms with Crippen molar-refractivity contribution in [2.24, 2.45) is 7.05 Å². The minimum Gasteiger partial charge on any atom is -0.422 e. The lowest BCUT2D eigenvalue weighted by Crippen LogP contribution is -2.11. The molecule has 9 nitrogen and oxygen atoms in total. The van der Waals surface area contributed by atoms with E-state index in [-0.39, 0.29) is 5.91 Å². The summed E-state index contributed by atoms with van der Waals surface area (Å²) >= 11 is 1.18. The quantitative estimate of drug-likeness (QED) is 0.390. The second kappa shape index (κ2) is 8.21. The molecule has 0 saturated carbocycles.